The Kier molecular flexibility index (Phi) is 37.3. The van der Waals surface area contributed by atoms with Crippen LogP contribution in [-0.4, -0.2) is 65.8 Å². The molecule has 2 atom stereocenters. The lowest BCUT2D eigenvalue weighted by molar-refractivity contribution is -0.152. The van der Waals surface area contributed by atoms with Crippen LogP contribution in [0.15, 0.2) is 12.5 Å². The highest BCUT2D eigenvalue weighted by Crippen LogP contribution is 2.16. The lowest BCUT2D eigenvalue weighted by atomic mass is 10.0. The van der Waals surface area contributed by atoms with E-state index in [1.165, 1.54) is 205 Å². The fourth-order valence-corrected chi connectivity index (χ4v) is 7.58. The van der Waals surface area contributed by atoms with Crippen molar-refractivity contribution in [2.45, 2.75) is 245 Å². The minimum Gasteiger partial charge on any atom is -0.459 e. The van der Waals surface area contributed by atoms with Gasteiger partial charge >= 0.3 is 5.97 Å². The van der Waals surface area contributed by atoms with E-state index in [0.29, 0.717) is 19.6 Å². The Bertz CT molecular complexity index is 846. The molecule has 2 unspecified atom stereocenters. The van der Waals surface area contributed by atoms with Crippen LogP contribution in [0.3, 0.4) is 0 Å². The number of aromatic nitrogens is 2. The second-order valence-corrected chi connectivity index (χ2v) is 16.7. The molecule has 0 saturated carbocycles. The summed E-state index contributed by atoms with van der Waals surface area (Å²) in [6, 6.07) is -0.706. The number of unbranched alkanes of at least 4 members (excludes halogenated alkanes) is 30. The molecular weight excluding hydrogens is 669 g/mol. The molecule has 0 aliphatic rings. The third kappa shape index (κ3) is 33.9. The summed E-state index contributed by atoms with van der Waals surface area (Å²) >= 11 is 0. The van der Waals surface area contributed by atoms with Crippen LogP contribution in [0.2, 0.25) is 0 Å². The molecule has 0 saturated heterocycles. The van der Waals surface area contributed by atoms with Gasteiger partial charge in [0.15, 0.2) is 0 Å². The Hall–Kier alpha value is -1.44. The molecule has 0 spiro atoms. The number of rotatable bonds is 43. The Balaban J connectivity index is 2.18. The van der Waals surface area contributed by atoms with Crippen molar-refractivity contribution in [2.24, 2.45) is 5.73 Å². The lowest BCUT2D eigenvalue weighted by Crippen LogP contribution is -2.37. The van der Waals surface area contributed by atoms with Crippen molar-refractivity contribution in [1.29, 1.82) is 0 Å². The van der Waals surface area contributed by atoms with Gasteiger partial charge in [-0.05, 0) is 32.9 Å². The van der Waals surface area contributed by atoms with Crippen molar-refractivity contribution in [2.75, 3.05) is 32.8 Å². The fraction of sp³-hybridized carbons (Fsp3) is 0.915. The van der Waals surface area contributed by atoms with Crippen molar-refractivity contribution in [3.05, 3.63) is 18.2 Å². The molecule has 0 fully saturated rings. The number of aromatic amines is 1. The zero-order valence-electron chi connectivity index (χ0n) is 36.4. The Morgan fingerprint density at radius 1 is 0.611 bits per heavy atom. The van der Waals surface area contributed by atoms with Crippen LogP contribution in [-0.2, 0) is 20.7 Å². The number of H-pyrrole nitrogens is 1. The summed E-state index contributed by atoms with van der Waals surface area (Å²) in [6.07, 6.45) is 48.3. The molecule has 7 heteroatoms. The number of nitrogens with one attached hydrogen (secondary N) is 1. The number of esters is 1. The van der Waals surface area contributed by atoms with E-state index in [1.54, 1.807) is 12.5 Å². The van der Waals surface area contributed by atoms with Gasteiger partial charge in [0.05, 0.1) is 19.5 Å². The third-order valence-electron chi connectivity index (χ3n) is 11.2. The Morgan fingerprint density at radius 3 is 1.33 bits per heavy atom. The molecule has 3 N–H and O–H groups in total. The van der Waals surface area contributed by atoms with Gasteiger partial charge in [0, 0.05) is 24.9 Å². The predicted octanol–water partition coefficient (Wildman–Crippen LogP) is 13.1. The first-order valence-electron chi connectivity index (χ1n) is 23.8. The minimum atomic E-state index is -0.706. The number of nitrogens with two attached hydrogens (primary N) is 1. The van der Waals surface area contributed by atoms with E-state index in [-0.39, 0.29) is 6.10 Å². The van der Waals surface area contributed by atoms with Gasteiger partial charge < -0.3 is 25.1 Å². The molecule has 0 radical (unpaired) electrons. The summed E-state index contributed by atoms with van der Waals surface area (Å²) in [4.78, 5) is 22.0. The normalized spacial score (nSPS) is 12.8. The van der Waals surface area contributed by atoms with Crippen LogP contribution < -0.4 is 5.73 Å². The molecule has 0 amide bonds. The smallest absolute Gasteiger partial charge is 0.323 e. The van der Waals surface area contributed by atoms with Gasteiger partial charge in [-0.25, -0.2) is 4.98 Å². The SMILES string of the molecule is CCCCCCCCCCCCCCCCCCN(CCCCCCCCCCCCCCCCCC)CCOCC(C)OC(=O)C(N)Cc1cnc[nH]1. The number of imidazole rings is 1. The van der Waals surface area contributed by atoms with Crippen molar-refractivity contribution >= 4 is 5.97 Å². The Morgan fingerprint density at radius 2 is 0.981 bits per heavy atom. The highest BCUT2D eigenvalue weighted by atomic mass is 16.6. The molecular formula is C47H92N4O3. The van der Waals surface area contributed by atoms with E-state index in [4.69, 9.17) is 15.2 Å². The number of nitrogens with zero attached hydrogens (tertiary/aromatic N) is 2. The van der Waals surface area contributed by atoms with Crippen LogP contribution in [0, 0.1) is 0 Å². The topological polar surface area (TPSA) is 93.5 Å². The highest BCUT2D eigenvalue weighted by Gasteiger charge is 2.19. The maximum Gasteiger partial charge on any atom is 0.323 e. The maximum atomic E-state index is 12.4. The van der Waals surface area contributed by atoms with Gasteiger partial charge in [0.2, 0.25) is 0 Å². The third-order valence-corrected chi connectivity index (χ3v) is 11.2. The summed E-state index contributed by atoms with van der Waals surface area (Å²) in [6.45, 7) is 10.8. The predicted molar refractivity (Wildman–Crippen MR) is 232 cm³/mol. The van der Waals surface area contributed by atoms with Gasteiger partial charge in [-0.2, -0.15) is 0 Å². The Labute approximate surface area is 335 Å². The zero-order chi connectivity index (χ0) is 39.0. The van der Waals surface area contributed by atoms with Crippen LogP contribution >= 0.6 is 0 Å². The van der Waals surface area contributed by atoms with E-state index in [2.05, 4.69) is 28.7 Å². The summed E-state index contributed by atoms with van der Waals surface area (Å²) in [5, 5.41) is 0. The molecule has 318 valence electrons. The highest BCUT2D eigenvalue weighted by molar-refractivity contribution is 5.75. The number of carbonyl (C=O) groups is 1. The fourth-order valence-electron chi connectivity index (χ4n) is 7.58. The molecule has 1 aromatic rings. The van der Waals surface area contributed by atoms with Crippen LogP contribution in [0.5, 0.6) is 0 Å². The van der Waals surface area contributed by atoms with Gasteiger partial charge in [0.1, 0.15) is 12.1 Å². The molecule has 0 aliphatic carbocycles. The van der Waals surface area contributed by atoms with E-state index in [9.17, 15) is 4.79 Å². The largest absolute Gasteiger partial charge is 0.459 e. The monoisotopic (exact) mass is 761 g/mol. The quantitative estimate of drug-likeness (QED) is 0.0508. The first-order chi connectivity index (χ1) is 26.6. The second kappa shape index (κ2) is 39.8. The zero-order valence-corrected chi connectivity index (χ0v) is 36.4. The van der Waals surface area contributed by atoms with E-state index in [1.807, 2.05) is 6.92 Å². The van der Waals surface area contributed by atoms with Crippen molar-refractivity contribution in [3.63, 3.8) is 0 Å². The van der Waals surface area contributed by atoms with E-state index < -0.39 is 12.0 Å². The molecule has 1 rings (SSSR count). The van der Waals surface area contributed by atoms with Crippen molar-refractivity contribution in [1.82, 2.24) is 14.9 Å². The van der Waals surface area contributed by atoms with Crippen molar-refractivity contribution in [3.8, 4) is 0 Å². The van der Waals surface area contributed by atoms with Gasteiger partial charge in [-0.3, -0.25) is 4.79 Å². The van der Waals surface area contributed by atoms with E-state index in [0.717, 1.165) is 25.3 Å². The minimum absolute atomic E-state index is 0.320. The van der Waals surface area contributed by atoms with Gasteiger partial charge in [-0.1, -0.05) is 206 Å². The van der Waals surface area contributed by atoms with Crippen molar-refractivity contribution < 1.29 is 14.3 Å². The standard InChI is InChI=1S/C47H92N4O3/c1-4-6-8-10-12-14-16-18-20-22-24-26-28-30-32-34-36-51(37-35-33-31-29-27-25-23-21-19-17-15-13-11-9-7-5-2)38-39-53-42-44(3)54-47(52)46(48)40-45-41-49-43-50-45/h41,43-44,46H,4-40,42,48H2,1-3H3,(H,49,50). The molecule has 7 nitrogen and oxygen atoms in total. The summed E-state index contributed by atoms with van der Waals surface area (Å²) in [7, 11) is 0. The molecule has 1 aromatic heterocycles. The molecule has 0 aliphatic heterocycles. The molecule has 54 heavy (non-hydrogen) atoms. The van der Waals surface area contributed by atoms with Gasteiger partial charge in [0.25, 0.3) is 0 Å². The number of hydrogen-bond donors (Lipinski definition) is 2. The molecule has 0 aromatic carbocycles. The number of carbonyl (C=O) groups excluding carboxylic acids is 1. The van der Waals surface area contributed by atoms with E-state index >= 15 is 0 Å². The summed E-state index contributed by atoms with van der Waals surface area (Å²) in [5.74, 6) is -0.394. The average molecular weight is 761 g/mol. The van der Waals surface area contributed by atoms with Gasteiger partial charge in [-0.15, -0.1) is 0 Å². The van der Waals surface area contributed by atoms with Crippen LogP contribution in [0.4, 0.5) is 0 Å². The first kappa shape index (κ1) is 50.6. The van der Waals surface area contributed by atoms with Crippen LogP contribution in [0.1, 0.15) is 232 Å². The molecule has 1 heterocycles. The summed E-state index contributed by atoms with van der Waals surface area (Å²) < 4.78 is 11.6. The lowest BCUT2D eigenvalue weighted by Gasteiger charge is -2.23. The number of hydrogen-bond acceptors (Lipinski definition) is 6. The maximum absolute atomic E-state index is 12.4. The second-order valence-electron chi connectivity index (χ2n) is 16.7. The van der Waals surface area contributed by atoms with Crippen LogP contribution in [0.25, 0.3) is 0 Å². The number of ether oxygens (including phenoxy) is 2. The molecule has 0 bridgehead atoms. The summed E-state index contributed by atoms with van der Waals surface area (Å²) in [5.41, 5.74) is 6.88. The average Bonchev–Trinajstić information content (AvgIpc) is 3.68. The first-order valence-corrected chi connectivity index (χ1v) is 23.8.